The topological polar surface area (TPSA) is 72.8 Å². The molecule has 0 aliphatic carbocycles. The highest BCUT2D eigenvalue weighted by atomic mass is 16.5. The van der Waals surface area contributed by atoms with Crippen molar-refractivity contribution in [3.8, 4) is 0 Å². The maximum atomic E-state index is 11.8. The molecule has 102 valence electrons. The van der Waals surface area contributed by atoms with E-state index < -0.39 is 11.9 Å². The second-order valence-corrected chi connectivity index (χ2v) is 4.52. The van der Waals surface area contributed by atoms with Gasteiger partial charge in [0, 0.05) is 5.92 Å². The van der Waals surface area contributed by atoms with Gasteiger partial charge in [-0.15, -0.1) is 0 Å². The smallest absolute Gasteiger partial charge is 0.338 e. The summed E-state index contributed by atoms with van der Waals surface area (Å²) in [6, 6.07) is 5.70. The van der Waals surface area contributed by atoms with Crippen molar-refractivity contribution in [2.75, 3.05) is 13.2 Å². The van der Waals surface area contributed by atoms with E-state index in [0.29, 0.717) is 18.8 Å². The Bertz CT molecular complexity index is 463. The number of carboxylic acid groups (broad SMARTS) is 1. The van der Waals surface area contributed by atoms with Crippen LogP contribution in [-0.4, -0.2) is 36.4 Å². The van der Waals surface area contributed by atoms with Gasteiger partial charge >= 0.3 is 11.9 Å². The molecule has 1 aliphatic heterocycles. The van der Waals surface area contributed by atoms with Crippen LogP contribution < -0.4 is 0 Å². The molecule has 0 saturated carbocycles. The van der Waals surface area contributed by atoms with Crippen molar-refractivity contribution in [2.45, 2.75) is 19.4 Å². The van der Waals surface area contributed by atoms with Crippen molar-refractivity contribution in [1.82, 2.24) is 0 Å². The Balaban J connectivity index is 1.87. The third-order valence-electron chi connectivity index (χ3n) is 3.25. The van der Waals surface area contributed by atoms with Crippen molar-refractivity contribution >= 4 is 11.9 Å². The highest BCUT2D eigenvalue weighted by Crippen LogP contribution is 2.23. The van der Waals surface area contributed by atoms with Crippen LogP contribution in [-0.2, 0) is 9.47 Å². The first kappa shape index (κ1) is 13.5. The van der Waals surface area contributed by atoms with Gasteiger partial charge in [0.25, 0.3) is 0 Å². The van der Waals surface area contributed by atoms with Crippen molar-refractivity contribution < 1.29 is 24.2 Å². The van der Waals surface area contributed by atoms with E-state index in [4.69, 9.17) is 14.6 Å². The van der Waals surface area contributed by atoms with Gasteiger partial charge in [0.05, 0.1) is 30.4 Å². The van der Waals surface area contributed by atoms with Crippen LogP contribution in [0.15, 0.2) is 24.3 Å². The molecule has 0 bridgehead atoms. The summed E-state index contributed by atoms with van der Waals surface area (Å²) in [5.74, 6) is -1.18. The molecule has 5 heteroatoms. The lowest BCUT2D eigenvalue weighted by Crippen LogP contribution is -2.42. The SMILES string of the molecule is CCC1OCC1COC(=O)c1ccc(C(=O)O)cc1. The van der Waals surface area contributed by atoms with Gasteiger partial charge in [-0.1, -0.05) is 6.92 Å². The Labute approximate surface area is 111 Å². The molecule has 0 aromatic heterocycles. The van der Waals surface area contributed by atoms with Crippen LogP contribution in [0.2, 0.25) is 0 Å². The Hall–Kier alpha value is -1.88. The normalized spacial score (nSPS) is 21.5. The van der Waals surface area contributed by atoms with E-state index >= 15 is 0 Å². The van der Waals surface area contributed by atoms with Gasteiger partial charge in [0.2, 0.25) is 0 Å². The number of esters is 1. The van der Waals surface area contributed by atoms with E-state index in [2.05, 4.69) is 0 Å². The van der Waals surface area contributed by atoms with E-state index in [1.54, 1.807) is 0 Å². The summed E-state index contributed by atoms with van der Waals surface area (Å²) < 4.78 is 10.5. The number of carboxylic acids is 1. The predicted molar refractivity (Wildman–Crippen MR) is 67.2 cm³/mol. The number of ether oxygens (including phenoxy) is 2. The largest absolute Gasteiger partial charge is 0.478 e. The minimum absolute atomic E-state index is 0.148. The van der Waals surface area contributed by atoms with E-state index in [1.165, 1.54) is 24.3 Å². The lowest BCUT2D eigenvalue weighted by atomic mass is 9.97. The quantitative estimate of drug-likeness (QED) is 0.823. The van der Waals surface area contributed by atoms with Crippen LogP contribution >= 0.6 is 0 Å². The number of hydrogen-bond donors (Lipinski definition) is 1. The summed E-state index contributed by atoms with van der Waals surface area (Å²) in [6.45, 7) is 3.00. The highest BCUT2D eigenvalue weighted by molar-refractivity contribution is 5.92. The molecule has 0 spiro atoms. The lowest BCUT2D eigenvalue weighted by Gasteiger charge is -2.35. The fourth-order valence-corrected chi connectivity index (χ4v) is 1.99. The molecule has 19 heavy (non-hydrogen) atoms. The number of carbonyl (C=O) groups excluding carboxylic acids is 1. The number of rotatable bonds is 5. The summed E-state index contributed by atoms with van der Waals surface area (Å²) in [5.41, 5.74) is 0.508. The van der Waals surface area contributed by atoms with Crippen LogP contribution in [0.3, 0.4) is 0 Å². The fourth-order valence-electron chi connectivity index (χ4n) is 1.99. The zero-order valence-electron chi connectivity index (χ0n) is 10.7. The second-order valence-electron chi connectivity index (χ2n) is 4.52. The second kappa shape index (κ2) is 5.84. The molecule has 1 N–H and O–H groups in total. The van der Waals surface area contributed by atoms with Crippen molar-refractivity contribution in [2.24, 2.45) is 5.92 Å². The van der Waals surface area contributed by atoms with Gasteiger partial charge in [-0.05, 0) is 30.7 Å². The van der Waals surface area contributed by atoms with E-state index in [1.807, 2.05) is 6.92 Å². The Kier molecular flexibility index (Phi) is 4.16. The van der Waals surface area contributed by atoms with Crippen molar-refractivity contribution in [1.29, 1.82) is 0 Å². The zero-order chi connectivity index (χ0) is 13.8. The molecule has 2 unspecified atom stereocenters. The van der Waals surface area contributed by atoms with Gasteiger partial charge in [0.1, 0.15) is 0 Å². The fraction of sp³-hybridized carbons (Fsp3) is 0.429. The maximum absolute atomic E-state index is 11.8. The molecule has 1 fully saturated rings. The third-order valence-corrected chi connectivity index (χ3v) is 3.25. The molecule has 0 amide bonds. The minimum Gasteiger partial charge on any atom is -0.478 e. The van der Waals surface area contributed by atoms with Crippen LogP contribution in [0.4, 0.5) is 0 Å². The summed E-state index contributed by atoms with van der Waals surface area (Å²) >= 11 is 0. The van der Waals surface area contributed by atoms with E-state index in [9.17, 15) is 9.59 Å². The maximum Gasteiger partial charge on any atom is 0.338 e. The number of benzene rings is 1. The van der Waals surface area contributed by atoms with Crippen LogP contribution in [0.25, 0.3) is 0 Å². The lowest BCUT2D eigenvalue weighted by molar-refractivity contribution is -0.133. The monoisotopic (exact) mass is 264 g/mol. The van der Waals surface area contributed by atoms with Gasteiger partial charge in [-0.3, -0.25) is 0 Å². The van der Waals surface area contributed by atoms with Crippen LogP contribution in [0.1, 0.15) is 34.1 Å². The molecular weight excluding hydrogens is 248 g/mol. The number of carbonyl (C=O) groups is 2. The molecule has 1 aliphatic rings. The minimum atomic E-state index is -1.02. The van der Waals surface area contributed by atoms with Gasteiger partial charge < -0.3 is 14.6 Å². The molecule has 5 nitrogen and oxygen atoms in total. The average Bonchev–Trinajstić information content (AvgIpc) is 2.38. The molecule has 1 saturated heterocycles. The highest BCUT2D eigenvalue weighted by Gasteiger charge is 2.31. The first-order valence-electron chi connectivity index (χ1n) is 6.24. The summed E-state index contributed by atoms with van der Waals surface area (Å²) in [5, 5.41) is 8.76. The predicted octanol–water partition coefficient (Wildman–Crippen LogP) is 1.97. The first-order chi connectivity index (χ1) is 9.11. The number of hydrogen-bond acceptors (Lipinski definition) is 4. The van der Waals surface area contributed by atoms with Crippen LogP contribution in [0.5, 0.6) is 0 Å². The molecule has 1 heterocycles. The summed E-state index contributed by atoms with van der Waals surface area (Å²) in [4.78, 5) is 22.4. The van der Waals surface area contributed by atoms with E-state index in [-0.39, 0.29) is 17.6 Å². The third kappa shape index (κ3) is 3.12. The Morgan fingerprint density at radius 1 is 1.32 bits per heavy atom. The standard InChI is InChI=1S/C14H16O5/c1-2-12-11(7-18-12)8-19-14(17)10-5-3-9(4-6-10)13(15)16/h3-6,11-12H,2,7-8H2,1H3,(H,15,16). The summed E-state index contributed by atoms with van der Waals surface area (Å²) in [6.07, 6.45) is 1.09. The van der Waals surface area contributed by atoms with Gasteiger partial charge in [-0.2, -0.15) is 0 Å². The van der Waals surface area contributed by atoms with Crippen molar-refractivity contribution in [3.63, 3.8) is 0 Å². The molecule has 0 radical (unpaired) electrons. The van der Waals surface area contributed by atoms with E-state index in [0.717, 1.165) is 6.42 Å². The molecule has 2 atom stereocenters. The van der Waals surface area contributed by atoms with Gasteiger partial charge in [0.15, 0.2) is 0 Å². The molecule has 1 aromatic rings. The average molecular weight is 264 g/mol. The zero-order valence-corrected chi connectivity index (χ0v) is 10.7. The molecular formula is C14H16O5. The van der Waals surface area contributed by atoms with Gasteiger partial charge in [-0.25, -0.2) is 9.59 Å². The van der Waals surface area contributed by atoms with Crippen molar-refractivity contribution in [3.05, 3.63) is 35.4 Å². The molecule has 1 aromatic carbocycles. The summed E-state index contributed by atoms with van der Waals surface area (Å²) in [7, 11) is 0. The Morgan fingerprint density at radius 3 is 2.42 bits per heavy atom. The number of aromatic carboxylic acids is 1. The Morgan fingerprint density at radius 2 is 1.95 bits per heavy atom. The molecule has 2 rings (SSSR count). The van der Waals surface area contributed by atoms with Crippen LogP contribution in [0, 0.1) is 5.92 Å². The first-order valence-corrected chi connectivity index (χ1v) is 6.24.